The molecular weight excluding hydrogens is 428 g/mol. The highest BCUT2D eigenvalue weighted by atomic mass is 35.5. The average molecular weight is 453 g/mol. The molecule has 0 aliphatic carbocycles. The lowest BCUT2D eigenvalue weighted by Gasteiger charge is -2.20. The van der Waals surface area contributed by atoms with Gasteiger partial charge in [0.05, 0.1) is 18.3 Å². The van der Waals surface area contributed by atoms with Crippen molar-refractivity contribution in [3.63, 3.8) is 0 Å². The molecule has 8 nitrogen and oxygen atoms in total. The number of rotatable bonds is 6. The fourth-order valence-electron chi connectivity index (χ4n) is 3.83. The molecule has 0 aromatic carbocycles. The summed E-state index contributed by atoms with van der Waals surface area (Å²) in [7, 11) is 2.05. The van der Waals surface area contributed by atoms with Crippen LogP contribution in [-0.2, 0) is 11.2 Å². The summed E-state index contributed by atoms with van der Waals surface area (Å²) in [5, 5.41) is 12.2. The minimum atomic E-state index is -0.192. The van der Waals surface area contributed by atoms with Gasteiger partial charge >= 0.3 is 0 Å². The van der Waals surface area contributed by atoms with E-state index in [1.54, 1.807) is 17.2 Å². The van der Waals surface area contributed by atoms with Crippen LogP contribution in [0.4, 0.5) is 5.82 Å². The molecular formula is C23H25ClN6O2. The van der Waals surface area contributed by atoms with Crippen molar-refractivity contribution >= 4 is 28.9 Å². The number of hydrogen-bond donors (Lipinski definition) is 1. The first kappa shape index (κ1) is 22.1. The van der Waals surface area contributed by atoms with Crippen molar-refractivity contribution < 1.29 is 9.53 Å². The third-order valence-electron chi connectivity index (χ3n) is 5.60. The lowest BCUT2D eigenvalue weighted by molar-refractivity contribution is -0.115. The van der Waals surface area contributed by atoms with Crippen LogP contribution in [0.2, 0.25) is 5.02 Å². The first-order chi connectivity index (χ1) is 15.5. The average Bonchev–Trinajstić information content (AvgIpc) is 3.21. The zero-order valence-electron chi connectivity index (χ0n) is 17.9. The van der Waals surface area contributed by atoms with Crippen molar-refractivity contribution in [2.45, 2.75) is 25.4 Å². The highest BCUT2D eigenvalue weighted by Gasteiger charge is 2.22. The maximum atomic E-state index is 12.5. The first-order valence-corrected chi connectivity index (χ1v) is 11.0. The smallest absolute Gasteiger partial charge is 0.230 e. The van der Waals surface area contributed by atoms with Crippen molar-refractivity contribution in [2.24, 2.45) is 0 Å². The molecule has 166 valence electrons. The van der Waals surface area contributed by atoms with Crippen molar-refractivity contribution in [1.29, 1.82) is 5.26 Å². The normalized spacial score (nSPS) is 18.7. The summed E-state index contributed by atoms with van der Waals surface area (Å²) >= 11 is 6.23. The van der Waals surface area contributed by atoms with Gasteiger partial charge in [0.2, 0.25) is 5.91 Å². The molecule has 4 heterocycles. The van der Waals surface area contributed by atoms with Crippen LogP contribution >= 0.6 is 11.6 Å². The van der Waals surface area contributed by atoms with Crippen LogP contribution in [0.3, 0.4) is 0 Å². The Morgan fingerprint density at radius 2 is 2.22 bits per heavy atom. The van der Waals surface area contributed by atoms with E-state index in [-0.39, 0.29) is 18.4 Å². The Kier molecular flexibility index (Phi) is 6.88. The number of anilines is 1. The van der Waals surface area contributed by atoms with Crippen molar-refractivity contribution in [1.82, 2.24) is 19.8 Å². The second-order valence-corrected chi connectivity index (χ2v) is 8.50. The molecule has 32 heavy (non-hydrogen) atoms. The van der Waals surface area contributed by atoms with Gasteiger partial charge in [-0.05, 0) is 37.1 Å². The van der Waals surface area contributed by atoms with Crippen LogP contribution in [-0.4, -0.2) is 65.0 Å². The molecule has 9 heteroatoms. The molecule has 2 aromatic heterocycles. The molecule has 1 fully saturated rings. The highest BCUT2D eigenvalue weighted by molar-refractivity contribution is 6.32. The van der Waals surface area contributed by atoms with E-state index in [0.717, 1.165) is 42.8 Å². The van der Waals surface area contributed by atoms with E-state index in [0.29, 0.717) is 29.7 Å². The van der Waals surface area contributed by atoms with E-state index >= 15 is 0 Å². The number of carbonyl (C=O) groups excluding carboxylic acids is 1. The fourth-order valence-corrected chi connectivity index (χ4v) is 3.98. The number of likely N-dealkylation sites (tertiary alicyclic amines) is 1. The van der Waals surface area contributed by atoms with Gasteiger partial charge in [-0.15, -0.1) is 0 Å². The summed E-state index contributed by atoms with van der Waals surface area (Å²) in [4.78, 5) is 25.1. The van der Waals surface area contributed by atoms with E-state index in [1.807, 2.05) is 18.2 Å². The number of nitrogens with one attached hydrogen (secondary N) is 1. The van der Waals surface area contributed by atoms with E-state index < -0.39 is 0 Å². The lowest BCUT2D eigenvalue weighted by atomic mass is 10.0. The second kappa shape index (κ2) is 9.98. The third kappa shape index (κ3) is 5.55. The molecule has 1 atom stereocenters. The van der Waals surface area contributed by atoms with Gasteiger partial charge in [-0.2, -0.15) is 5.26 Å². The van der Waals surface area contributed by atoms with Crippen LogP contribution < -0.4 is 10.1 Å². The second-order valence-electron chi connectivity index (χ2n) is 8.09. The number of nitriles is 1. The Bertz CT molecular complexity index is 1050. The lowest BCUT2D eigenvalue weighted by Crippen LogP contribution is -2.23. The minimum Gasteiger partial charge on any atom is -0.487 e. The van der Waals surface area contributed by atoms with E-state index in [4.69, 9.17) is 21.6 Å². The Morgan fingerprint density at radius 3 is 2.88 bits per heavy atom. The van der Waals surface area contributed by atoms with Crippen molar-refractivity contribution in [2.75, 3.05) is 38.5 Å². The maximum absolute atomic E-state index is 12.5. The zero-order valence-corrected chi connectivity index (χ0v) is 18.7. The van der Waals surface area contributed by atoms with E-state index in [2.05, 4.69) is 33.4 Å². The monoisotopic (exact) mass is 452 g/mol. The number of nitrogens with zero attached hydrogens (tertiary/aromatic N) is 5. The molecule has 0 spiro atoms. The van der Waals surface area contributed by atoms with Gasteiger partial charge < -0.3 is 19.9 Å². The maximum Gasteiger partial charge on any atom is 0.230 e. The molecule has 1 saturated heterocycles. The molecule has 4 rings (SSSR count). The molecule has 1 unspecified atom stereocenters. The third-order valence-corrected chi connectivity index (χ3v) is 5.88. The van der Waals surface area contributed by atoms with Crippen LogP contribution in [0.25, 0.3) is 5.57 Å². The Labute approximate surface area is 192 Å². The van der Waals surface area contributed by atoms with E-state index in [9.17, 15) is 4.79 Å². The first-order valence-electron chi connectivity index (χ1n) is 10.6. The fraction of sp³-hybridized carbons (Fsp3) is 0.391. The summed E-state index contributed by atoms with van der Waals surface area (Å²) < 4.78 is 6.00. The summed E-state index contributed by atoms with van der Waals surface area (Å²) in [5.74, 6) is 0.737. The van der Waals surface area contributed by atoms with Gasteiger partial charge in [-0.25, -0.2) is 4.98 Å². The number of ether oxygens (including phenoxy) is 1. The quantitative estimate of drug-likeness (QED) is 0.673. The predicted molar refractivity (Wildman–Crippen MR) is 122 cm³/mol. The summed E-state index contributed by atoms with van der Waals surface area (Å²) in [6.07, 6.45) is 9.37. The molecule has 1 amide bonds. The number of aromatic nitrogens is 2. The molecule has 1 N–H and O–H groups in total. The zero-order chi connectivity index (χ0) is 22.5. The summed E-state index contributed by atoms with van der Waals surface area (Å²) in [6, 6.07) is 5.49. The molecule has 0 saturated carbocycles. The van der Waals surface area contributed by atoms with Gasteiger partial charge in [0.15, 0.2) is 6.19 Å². The number of halogens is 1. The predicted octanol–water partition coefficient (Wildman–Crippen LogP) is 2.96. The van der Waals surface area contributed by atoms with Crippen LogP contribution in [0, 0.1) is 11.5 Å². The van der Waals surface area contributed by atoms with Crippen LogP contribution in [0.1, 0.15) is 24.1 Å². The molecule has 0 bridgehead atoms. The van der Waals surface area contributed by atoms with Gasteiger partial charge in [0.25, 0.3) is 0 Å². The van der Waals surface area contributed by atoms with Gasteiger partial charge in [-0.3, -0.25) is 9.78 Å². The van der Waals surface area contributed by atoms with Gasteiger partial charge in [0, 0.05) is 38.4 Å². The molecule has 2 aromatic rings. The standard InChI is InChI=1S/C23H25ClN6O2/c1-29-7-6-18(14-29)32-21-11-22(27-13-19(21)24)28-23(31)10-16-2-3-20(26-12-16)17-4-8-30(15-25)9-5-17/h2-4,11-13,18H,5-10,14H2,1H3,(H,27,28,31). The van der Waals surface area contributed by atoms with Crippen molar-refractivity contribution in [3.8, 4) is 11.9 Å². The largest absolute Gasteiger partial charge is 0.487 e. The Morgan fingerprint density at radius 1 is 1.34 bits per heavy atom. The molecule has 2 aliphatic heterocycles. The highest BCUT2D eigenvalue weighted by Crippen LogP contribution is 2.28. The van der Waals surface area contributed by atoms with Gasteiger partial charge in [-0.1, -0.05) is 23.7 Å². The van der Waals surface area contributed by atoms with Crippen LogP contribution in [0.5, 0.6) is 5.75 Å². The molecule has 0 radical (unpaired) electrons. The number of likely N-dealkylation sites (N-methyl/N-ethyl adjacent to an activating group) is 1. The summed E-state index contributed by atoms with van der Waals surface area (Å²) in [5.41, 5.74) is 2.81. The number of pyridine rings is 2. The summed E-state index contributed by atoms with van der Waals surface area (Å²) in [6.45, 7) is 3.14. The van der Waals surface area contributed by atoms with Gasteiger partial charge in [0.1, 0.15) is 22.7 Å². The van der Waals surface area contributed by atoms with Crippen LogP contribution in [0.15, 0.2) is 36.7 Å². The minimum absolute atomic E-state index is 0.0790. The number of hydrogen-bond acceptors (Lipinski definition) is 7. The number of amides is 1. The topological polar surface area (TPSA) is 94.4 Å². The Balaban J connectivity index is 1.34. The number of carbonyl (C=O) groups is 1. The van der Waals surface area contributed by atoms with E-state index in [1.165, 1.54) is 6.20 Å². The Hall–Kier alpha value is -3.15. The van der Waals surface area contributed by atoms with Crippen molar-refractivity contribution in [3.05, 3.63) is 52.9 Å². The SMILES string of the molecule is CN1CCC(Oc2cc(NC(=O)Cc3ccc(C4=CCN(C#N)CC4)nc3)ncc2Cl)C1. The molecule has 2 aliphatic rings.